The van der Waals surface area contributed by atoms with Crippen molar-refractivity contribution in [2.45, 2.75) is 19.8 Å². The van der Waals surface area contributed by atoms with Gasteiger partial charge in [-0.2, -0.15) is 0 Å². The maximum absolute atomic E-state index is 12.4. The Kier molecular flexibility index (Phi) is 7.49. The Morgan fingerprint density at radius 3 is 2.32 bits per heavy atom. The number of nitrogens with one attached hydrogen (secondary N) is 2. The summed E-state index contributed by atoms with van der Waals surface area (Å²) in [5, 5.41) is 6.98. The smallest absolute Gasteiger partial charge is 0.224 e. The van der Waals surface area contributed by atoms with Gasteiger partial charge >= 0.3 is 0 Å². The largest absolute Gasteiger partial charge is 0.495 e. The van der Waals surface area contributed by atoms with E-state index in [0.29, 0.717) is 35.4 Å². The summed E-state index contributed by atoms with van der Waals surface area (Å²) in [6.07, 6.45) is 0.105. The summed E-state index contributed by atoms with van der Waals surface area (Å²) < 4.78 is 10.5. The first-order valence-corrected chi connectivity index (χ1v) is 11.5. The number of fused-ring (bicyclic) bond motifs is 1. The summed E-state index contributed by atoms with van der Waals surface area (Å²) in [5.41, 5.74) is 3.17. The van der Waals surface area contributed by atoms with Crippen molar-refractivity contribution in [3.05, 3.63) is 53.1 Å². The van der Waals surface area contributed by atoms with E-state index in [0.717, 1.165) is 35.4 Å². The molecule has 1 saturated heterocycles. The summed E-state index contributed by atoms with van der Waals surface area (Å²) in [6.45, 7) is 5.09. The lowest BCUT2D eigenvalue weighted by atomic mass is 10.1. The lowest BCUT2D eigenvalue weighted by molar-refractivity contribution is -0.121. The second-order valence-electron chi connectivity index (χ2n) is 8.07. The van der Waals surface area contributed by atoms with Crippen molar-refractivity contribution >= 4 is 51.5 Å². The molecule has 9 heteroatoms. The number of ether oxygens (including phenoxy) is 2. The van der Waals surface area contributed by atoms with Gasteiger partial charge in [0, 0.05) is 42.7 Å². The first-order valence-electron chi connectivity index (χ1n) is 11.1. The van der Waals surface area contributed by atoms with Crippen molar-refractivity contribution in [1.29, 1.82) is 0 Å². The second-order valence-corrected chi connectivity index (χ2v) is 8.48. The van der Waals surface area contributed by atoms with Crippen LogP contribution in [0.2, 0.25) is 5.02 Å². The first-order chi connectivity index (χ1) is 16.4. The summed E-state index contributed by atoms with van der Waals surface area (Å²) in [7, 11) is 1.52. The van der Waals surface area contributed by atoms with E-state index in [1.165, 1.54) is 7.11 Å². The highest BCUT2D eigenvalue weighted by molar-refractivity contribution is 6.32. The Labute approximate surface area is 203 Å². The van der Waals surface area contributed by atoms with Crippen LogP contribution in [0.1, 0.15) is 18.4 Å². The highest BCUT2D eigenvalue weighted by Gasteiger charge is 2.15. The molecule has 0 aliphatic carbocycles. The maximum atomic E-state index is 12.4. The molecule has 0 atom stereocenters. The Bertz CT molecular complexity index is 1210. The normalized spacial score (nSPS) is 13.6. The number of aromatic nitrogens is 1. The molecule has 1 aliphatic heterocycles. The van der Waals surface area contributed by atoms with Crippen LogP contribution in [0.3, 0.4) is 0 Å². The Hall–Kier alpha value is -3.36. The minimum absolute atomic E-state index is 0.0482. The molecule has 1 fully saturated rings. The van der Waals surface area contributed by atoms with E-state index >= 15 is 0 Å². The highest BCUT2D eigenvalue weighted by Crippen LogP contribution is 2.28. The van der Waals surface area contributed by atoms with Gasteiger partial charge in [0.15, 0.2) is 0 Å². The monoisotopic (exact) mass is 482 g/mol. The number of anilines is 3. The van der Waals surface area contributed by atoms with Crippen LogP contribution in [0.4, 0.5) is 17.2 Å². The fourth-order valence-electron chi connectivity index (χ4n) is 3.83. The van der Waals surface area contributed by atoms with Crippen LogP contribution in [0, 0.1) is 6.92 Å². The number of morpholine rings is 1. The molecule has 8 nitrogen and oxygen atoms in total. The van der Waals surface area contributed by atoms with Crippen LogP contribution in [0.15, 0.2) is 42.5 Å². The second kappa shape index (κ2) is 10.7. The van der Waals surface area contributed by atoms with Gasteiger partial charge in [0.25, 0.3) is 0 Å². The quantitative estimate of drug-likeness (QED) is 0.518. The lowest BCUT2D eigenvalue weighted by Crippen LogP contribution is -2.36. The van der Waals surface area contributed by atoms with Gasteiger partial charge in [-0.25, -0.2) is 4.98 Å². The minimum atomic E-state index is -0.273. The zero-order chi connectivity index (χ0) is 24.1. The van der Waals surface area contributed by atoms with E-state index in [2.05, 4.69) is 21.6 Å². The fourth-order valence-corrected chi connectivity index (χ4v) is 4.08. The van der Waals surface area contributed by atoms with Crippen molar-refractivity contribution in [3.8, 4) is 5.75 Å². The van der Waals surface area contributed by atoms with E-state index in [9.17, 15) is 9.59 Å². The SMILES string of the molecule is COc1ccc(NC(=O)CCC(=O)Nc2ccc3nc(N4CCOCC4)cc(C)c3c2)cc1Cl. The predicted octanol–water partition coefficient (Wildman–Crippen LogP) is 4.40. The molecule has 0 unspecified atom stereocenters. The number of halogens is 1. The minimum Gasteiger partial charge on any atom is -0.495 e. The van der Waals surface area contributed by atoms with E-state index in [1.807, 2.05) is 25.1 Å². The van der Waals surface area contributed by atoms with Crippen LogP contribution >= 0.6 is 11.6 Å². The Morgan fingerprint density at radius 1 is 1.03 bits per heavy atom. The molecule has 2 heterocycles. The van der Waals surface area contributed by atoms with Crippen molar-refractivity contribution in [2.24, 2.45) is 0 Å². The molecule has 178 valence electrons. The summed E-state index contributed by atoms with van der Waals surface area (Å²) >= 11 is 6.08. The van der Waals surface area contributed by atoms with Crippen molar-refractivity contribution in [3.63, 3.8) is 0 Å². The van der Waals surface area contributed by atoms with Crippen LogP contribution < -0.4 is 20.3 Å². The van der Waals surface area contributed by atoms with Crippen molar-refractivity contribution in [1.82, 2.24) is 4.98 Å². The lowest BCUT2D eigenvalue weighted by Gasteiger charge is -2.28. The predicted molar refractivity (Wildman–Crippen MR) is 134 cm³/mol. The standard InChI is InChI=1S/C25H27ClN4O4/c1-16-13-23(30-9-11-34-12-10-30)29-21-5-3-17(14-19(16)21)27-24(31)7-8-25(32)28-18-4-6-22(33-2)20(26)15-18/h3-6,13-15H,7-12H2,1-2H3,(H,27,31)(H,28,32). The third-order valence-corrected chi connectivity index (χ3v) is 5.93. The van der Waals surface area contributed by atoms with Gasteiger partial charge in [-0.3, -0.25) is 9.59 Å². The van der Waals surface area contributed by atoms with Gasteiger partial charge in [0.1, 0.15) is 11.6 Å². The molecular weight excluding hydrogens is 456 g/mol. The van der Waals surface area contributed by atoms with Crippen LogP contribution in [-0.4, -0.2) is 50.2 Å². The maximum Gasteiger partial charge on any atom is 0.224 e. The van der Waals surface area contributed by atoms with Crippen molar-refractivity contribution in [2.75, 3.05) is 48.9 Å². The molecule has 0 radical (unpaired) electrons. The number of hydrogen-bond donors (Lipinski definition) is 2. The molecule has 2 amide bonds. The van der Waals surface area contributed by atoms with Crippen LogP contribution in [0.5, 0.6) is 5.75 Å². The fraction of sp³-hybridized carbons (Fsp3) is 0.320. The van der Waals surface area contributed by atoms with E-state index < -0.39 is 0 Å². The third-order valence-electron chi connectivity index (χ3n) is 5.64. The van der Waals surface area contributed by atoms with Gasteiger partial charge in [0.2, 0.25) is 11.8 Å². The van der Waals surface area contributed by atoms with E-state index in [1.54, 1.807) is 18.2 Å². The summed E-state index contributed by atoms with van der Waals surface area (Å²) in [5.74, 6) is 0.954. The molecule has 1 aliphatic rings. The molecule has 0 spiro atoms. The number of hydrogen-bond acceptors (Lipinski definition) is 6. The Balaban J connectivity index is 1.34. The molecule has 1 aromatic heterocycles. The van der Waals surface area contributed by atoms with Crippen molar-refractivity contribution < 1.29 is 19.1 Å². The van der Waals surface area contributed by atoms with E-state index in [-0.39, 0.29) is 24.7 Å². The number of carbonyl (C=O) groups is 2. The number of methoxy groups -OCH3 is 1. The molecule has 2 N–H and O–H groups in total. The number of benzene rings is 2. The van der Waals surface area contributed by atoms with Gasteiger partial charge in [0.05, 0.1) is 30.9 Å². The third kappa shape index (κ3) is 5.76. The number of aryl methyl sites for hydroxylation is 1. The molecule has 3 aromatic rings. The zero-order valence-electron chi connectivity index (χ0n) is 19.2. The molecule has 0 saturated carbocycles. The number of nitrogens with zero attached hydrogens (tertiary/aromatic N) is 2. The molecule has 4 rings (SSSR count). The number of pyridine rings is 1. The van der Waals surface area contributed by atoms with Gasteiger partial charge < -0.3 is 25.0 Å². The number of amides is 2. The molecule has 2 aromatic carbocycles. The molecule has 34 heavy (non-hydrogen) atoms. The van der Waals surface area contributed by atoms with Gasteiger partial charge in [-0.05, 0) is 55.0 Å². The average Bonchev–Trinajstić information content (AvgIpc) is 2.84. The topological polar surface area (TPSA) is 92.8 Å². The van der Waals surface area contributed by atoms with Crippen LogP contribution in [-0.2, 0) is 14.3 Å². The zero-order valence-corrected chi connectivity index (χ0v) is 19.9. The summed E-state index contributed by atoms with van der Waals surface area (Å²) in [6, 6.07) is 12.7. The number of carbonyl (C=O) groups excluding carboxylic acids is 2. The summed E-state index contributed by atoms with van der Waals surface area (Å²) in [4.78, 5) is 31.7. The molecule has 0 bridgehead atoms. The average molecular weight is 483 g/mol. The van der Waals surface area contributed by atoms with Gasteiger partial charge in [-0.15, -0.1) is 0 Å². The number of rotatable bonds is 7. The van der Waals surface area contributed by atoms with Gasteiger partial charge in [-0.1, -0.05) is 11.6 Å². The first kappa shape index (κ1) is 23.8. The molecular formula is C25H27ClN4O4. The van der Waals surface area contributed by atoms with Crippen LogP contribution in [0.25, 0.3) is 10.9 Å². The Morgan fingerprint density at radius 2 is 1.68 bits per heavy atom. The highest BCUT2D eigenvalue weighted by atomic mass is 35.5. The van der Waals surface area contributed by atoms with E-state index in [4.69, 9.17) is 26.1 Å².